The van der Waals surface area contributed by atoms with Crippen LogP contribution >= 0.6 is 0 Å². The van der Waals surface area contributed by atoms with E-state index in [1.54, 1.807) is 6.92 Å². The van der Waals surface area contributed by atoms with E-state index in [1.807, 2.05) is 4.90 Å². The van der Waals surface area contributed by atoms with Crippen LogP contribution < -0.4 is 5.32 Å². The van der Waals surface area contributed by atoms with Crippen LogP contribution in [-0.4, -0.2) is 31.1 Å². The van der Waals surface area contributed by atoms with Crippen LogP contribution in [-0.2, 0) is 6.18 Å². The van der Waals surface area contributed by atoms with Gasteiger partial charge in [0.2, 0.25) is 0 Å². The Kier molecular flexibility index (Phi) is 4.65. The molecule has 1 N–H and O–H groups in total. The van der Waals surface area contributed by atoms with E-state index in [2.05, 4.69) is 5.32 Å². The maximum absolute atomic E-state index is 14.0. The molecule has 1 aliphatic rings. The van der Waals surface area contributed by atoms with Gasteiger partial charge < -0.3 is 5.32 Å². The number of nitrogens with zero attached hydrogens (tertiary/aromatic N) is 1. The van der Waals surface area contributed by atoms with Crippen LogP contribution in [0, 0.1) is 5.82 Å². The van der Waals surface area contributed by atoms with Crippen LogP contribution in [0.1, 0.15) is 30.5 Å². The first kappa shape index (κ1) is 15.3. The van der Waals surface area contributed by atoms with Gasteiger partial charge in [-0.15, -0.1) is 0 Å². The molecule has 0 spiro atoms. The van der Waals surface area contributed by atoms with Crippen LogP contribution in [0.25, 0.3) is 0 Å². The van der Waals surface area contributed by atoms with Crippen molar-refractivity contribution in [2.45, 2.75) is 25.6 Å². The minimum atomic E-state index is -4.53. The van der Waals surface area contributed by atoms with Gasteiger partial charge in [0.25, 0.3) is 0 Å². The summed E-state index contributed by atoms with van der Waals surface area (Å²) in [7, 11) is 0. The quantitative estimate of drug-likeness (QED) is 0.860. The van der Waals surface area contributed by atoms with E-state index < -0.39 is 23.6 Å². The van der Waals surface area contributed by atoms with E-state index >= 15 is 0 Å². The van der Waals surface area contributed by atoms with Gasteiger partial charge in [0.15, 0.2) is 0 Å². The molecule has 112 valence electrons. The lowest BCUT2D eigenvalue weighted by atomic mass is 9.95. The predicted molar refractivity (Wildman–Crippen MR) is 68.9 cm³/mol. The maximum Gasteiger partial charge on any atom is 0.416 e. The second-order valence-corrected chi connectivity index (χ2v) is 4.91. The summed E-state index contributed by atoms with van der Waals surface area (Å²) in [6, 6.07) is 2.65. The zero-order valence-corrected chi connectivity index (χ0v) is 11.3. The molecule has 2 rings (SSSR count). The molecule has 0 saturated carbocycles. The van der Waals surface area contributed by atoms with Crippen molar-refractivity contribution in [3.8, 4) is 0 Å². The first-order valence-corrected chi connectivity index (χ1v) is 6.75. The Balaban J connectivity index is 2.42. The highest BCUT2D eigenvalue weighted by molar-refractivity contribution is 5.34. The molecule has 0 bridgehead atoms. The third kappa shape index (κ3) is 3.12. The molecule has 1 fully saturated rings. The topological polar surface area (TPSA) is 15.3 Å². The smallest absolute Gasteiger partial charge is 0.314 e. The Morgan fingerprint density at radius 3 is 2.45 bits per heavy atom. The molecule has 1 saturated heterocycles. The molecule has 1 aromatic carbocycles. The molecule has 2 nitrogen and oxygen atoms in total. The van der Waals surface area contributed by atoms with E-state index in [-0.39, 0.29) is 5.56 Å². The van der Waals surface area contributed by atoms with Gasteiger partial charge >= 0.3 is 6.18 Å². The molecule has 0 radical (unpaired) electrons. The highest BCUT2D eigenvalue weighted by Crippen LogP contribution is 2.38. The number of piperazine rings is 1. The van der Waals surface area contributed by atoms with Gasteiger partial charge in [-0.1, -0.05) is 13.0 Å². The Hall–Kier alpha value is -1.14. The van der Waals surface area contributed by atoms with Crippen molar-refractivity contribution in [3.05, 3.63) is 35.1 Å². The fourth-order valence-corrected chi connectivity index (χ4v) is 2.76. The summed E-state index contributed by atoms with van der Waals surface area (Å²) in [5.41, 5.74) is -1.08. The van der Waals surface area contributed by atoms with Gasteiger partial charge in [-0.2, -0.15) is 13.2 Å². The third-order valence-electron chi connectivity index (χ3n) is 3.67. The number of hydrogen-bond donors (Lipinski definition) is 1. The standard InChI is InChI=1S/C14H18F4N2/c1-2-12(20-8-6-19-7-9-20)13-10(14(16,17)18)4-3-5-11(13)15/h3-5,12,19H,2,6-9H2,1H3/t12-/m1/s1. The third-order valence-corrected chi connectivity index (χ3v) is 3.67. The summed E-state index contributed by atoms with van der Waals surface area (Å²) in [5, 5.41) is 3.15. The molecule has 0 aliphatic carbocycles. The fourth-order valence-electron chi connectivity index (χ4n) is 2.76. The van der Waals surface area contributed by atoms with Gasteiger partial charge in [-0.25, -0.2) is 4.39 Å². The number of halogens is 4. The van der Waals surface area contributed by atoms with Gasteiger partial charge in [-0.05, 0) is 18.6 Å². The molecule has 1 aromatic rings. The van der Waals surface area contributed by atoms with Crippen molar-refractivity contribution in [1.29, 1.82) is 0 Å². The molecule has 1 aliphatic heterocycles. The van der Waals surface area contributed by atoms with Crippen LogP contribution in [0.2, 0.25) is 0 Å². The van der Waals surface area contributed by atoms with Crippen LogP contribution in [0.4, 0.5) is 17.6 Å². The summed E-state index contributed by atoms with van der Waals surface area (Å²) in [4.78, 5) is 1.92. The van der Waals surface area contributed by atoms with E-state index in [1.165, 1.54) is 0 Å². The normalized spacial score (nSPS) is 19.1. The lowest BCUT2D eigenvalue weighted by Crippen LogP contribution is -2.45. The van der Waals surface area contributed by atoms with Gasteiger partial charge in [0.1, 0.15) is 5.82 Å². The lowest BCUT2D eigenvalue weighted by Gasteiger charge is -2.36. The number of nitrogens with one attached hydrogen (secondary N) is 1. The molecule has 0 amide bonds. The first-order valence-electron chi connectivity index (χ1n) is 6.75. The number of rotatable bonds is 3. The summed E-state index contributed by atoms with van der Waals surface area (Å²) in [6.45, 7) is 4.48. The lowest BCUT2D eigenvalue weighted by molar-refractivity contribution is -0.139. The number of benzene rings is 1. The van der Waals surface area contributed by atoms with Gasteiger partial charge in [0.05, 0.1) is 5.56 Å². The minimum absolute atomic E-state index is 0.218. The minimum Gasteiger partial charge on any atom is -0.314 e. The Morgan fingerprint density at radius 1 is 1.25 bits per heavy atom. The van der Waals surface area contributed by atoms with E-state index in [9.17, 15) is 17.6 Å². The molecule has 20 heavy (non-hydrogen) atoms. The second kappa shape index (κ2) is 6.10. The molecular formula is C14H18F4N2. The van der Waals surface area contributed by atoms with Crippen molar-refractivity contribution in [2.24, 2.45) is 0 Å². The highest BCUT2D eigenvalue weighted by Gasteiger charge is 2.37. The van der Waals surface area contributed by atoms with Crippen molar-refractivity contribution >= 4 is 0 Å². The Labute approximate surface area is 115 Å². The number of hydrogen-bond acceptors (Lipinski definition) is 2. The molecule has 1 heterocycles. The van der Waals surface area contributed by atoms with Crippen LogP contribution in [0.5, 0.6) is 0 Å². The fraction of sp³-hybridized carbons (Fsp3) is 0.571. The van der Waals surface area contributed by atoms with E-state index in [0.717, 1.165) is 18.2 Å². The largest absolute Gasteiger partial charge is 0.416 e. The second-order valence-electron chi connectivity index (χ2n) is 4.91. The molecular weight excluding hydrogens is 272 g/mol. The average Bonchev–Trinajstić information content (AvgIpc) is 2.41. The number of alkyl halides is 3. The predicted octanol–water partition coefficient (Wildman–Crippen LogP) is 3.20. The maximum atomic E-state index is 14.0. The van der Waals surface area contributed by atoms with Crippen LogP contribution in [0.3, 0.4) is 0 Å². The molecule has 6 heteroatoms. The Bertz CT molecular complexity index is 453. The van der Waals surface area contributed by atoms with Crippen molar-refractivity contribution in [3.63, 3.8) is 0 Å². The van der Waals surface area contributed by atoms with Gasteiger partial charge in [0, 0.05) is 37.8 Å². The van der Waals surface area contributed by atoms with Crippen molar-refractivity contribution in [2.75, 3.05) is 26.2 Å². The average molecular weight is 290 g/mol. The first-order chi connectivity index (χ1) is 9.45. The summed E-state index contributed by atoms with van der Waals surface area (Å²) < 4.78 is 53.3. The van der Waals surface area contributed by atoms with Crippen molar-refractivity contribution < 1.29 is 17.6 Å². The van der Waals surface area contributed by atoms with Crippen LogP contribution in [0.15, 0.2) is 18.2 Å². The van der Waals surface area contributed by atoms with Crippen molar-refractivity contribution in [1.82, 2.24) is 10.2 Å². The zero-order chi connectivity index (χ0) is 14.8. The molecule has 0 unspecified atom stereocenters. The summed E-state index contributed by atoms with van der Waals surface area (Å²) >= 11 is 0. The Morgan fingerprint density at radius 2 is 1.90 bits per heavy atom. The summed E-state index contributed by atoms with van der Waals surface area (Å²) in [6.07, 6.45) is -4.08. The monoisotopic (exact) mass is 290 g/mol. The highest BCUT2D eigenvalue weighted by atomic mass is 19.4. The zero-order valence-electron chi connectivity index (χ0n) is 11.3. The van der Waals surface area contributed by atoms with Gasteiger partial charge in [-0.3, -0.25) is 4.90 Å². The van der Waals surface area contributed by atoms with E-state index in [0.29, 0.717) is 32.6 Å². The summed E-state index contributed by atoms with van der Waals surface area (Å²) in [5.74, 6) is -0.773. The van der Waals surface area contributed by atoms with E-state index in [4.69, 9.17) is 0 Å². The molecule has 1 atom stereocenters. The SMILES string of the molecule is CC[C@H](c1c(F)cccc1C(F)(F)F)N1CCNCC1. The molecule has 0 aromatic heterocycles.